The molecule has 1 unspecified atom stereocenters. The number of hydrogen-bond acceptors (Lipinski definition) is 6. The minimum Gasteiger partial charge on any atom is -0.462 e. The Hall–Kier alpha value is -3.87. The number of ether oxygens (including phenoxy) is 2. The maximum atomic E-state index is 12.2. The highest BCUT2D eigenvalue weighted by Gasteiger charge is 2.21. The lowest BCUT2D eigenvalue weighted by atomic mass is 9.96. The molecule has 7 nitrogen and oxygen atoms in total. The van der Waals surface area contributed by atoms with E-state index in [9.17, 15) is 9.59 Å². The van der Waals surface area contributed by atoms with Crippen LogP contribution in [-0.4, -0.2) is 42.6 Å². The number of anilines is 1. The van der Waals surface area contributed by atoms with Gasteiger partial charge in [-0.15, -0.1) is 0 Å². The number of amides is 1. The van der Waals surface area contributed by atoms with Crippen LogP contribution in [0.25, 0.3) is 0 Å². The van der Waals surface area contributed by atoms with Gasteiger partial charge in [0, 0.05) is 25.9 Å². The summed E-state index contributed by atoms with van der Waals surface area (Å²) < 4.78 is 10.7. The quantitative estimate of drug-likeness (QED) is 0.567. The van der Waals surface area contributed by atoms with Gasteiger partial charge in [0.2, 0.25) is 0 Å². The Balaban J connectivity index is 2.00. The van der Waals surface area contributed by atoms with Crippen molar-refractivity contribution in [2.75, 3.05) is 26.0 Å². The first-order valence-corrected chi connectivity index (χ1v) is 9.92. The second-order valence-corrected chi connectivity index (χ2v) is 6.94. The highest BCUT2D eigenvalue weighted by molar-refractivity contribution is 5.89. The Kier molecular flexibility index (Phi) is 7.22. The van der Waals surface area contributed by atoms with E-state index in [2.05, 4.69) is 10.3 Å². The Morgan fingerprint density at radius 1 is 1.00 bits per heavy atom. The van der Waals surface area contributed by atoms with E-state index < -0.39 is 6.09 Å². The molecule has 1 atom stereocenters. The molecule has 31 heavy (non-hydrogen) atoms. The van der Waals surface area contributed by atoms with E-state index >= 15 is 0 Å². The van der Waals surface area contributed by atoms with Crippen LogP contribution in [0.5, 0.6) is 5.75 Å². The van der Waals surface area contributed by atoms with Gasteiger partial charge in [-0.3, -0.25) is 0 Å². The van der Waals surface area contributed by atoms with Gasteiger partial charge in [-0.1, -0.05) is 36.4 Å². The summed E-state index contributed by atoms with van der Waals surface area (Å²) in [4.78, 5) is 29.9. The van der Waals surface area contributed by atoms with Crippen LogP contribution in [0.15, 0.2) is 72.9 Å². The van der Waals surface area contributed by atoms with E-state index in [1.54, 1.807) is 45.4 Å². The molecule has 3 aromatic rings. The molecule has 2 aromatic carbocycles. The molecule has 1 heterocycles. The normalized spacial score (nSPS) is 11.3. The van der Waals surface area contributed by atoms with Gasteiger partial charge >= 0.3 is 12.1 Å². The second-order valence-electron chi connectivity index (χ2n) is 6.94. The largest absolute Gasteiger partial charge is 0.462 e. The number of para-hydroxylation sites is 1. The van der Waals surface area contributed by atoms with Crippen molar-refractivity contribution in [1.82, 2.24) is 9.88 Å². The van der Waals surface area contributed by atoms with Crippen molar-refractivity contribution in [1.29, 1.82) is 0 Å². The number of rotatable bonds is 7. The van der Waals surface area contributed by atoms with E-state index in [4.69, 9.17) is 9.47 Å². The number of benzene rings is 2. The Morgan fingerprint density at radius 3 is 2.35 bits per heavy atom. The summed E-state index contributed by atoms with van der Waals surface area (Å²) in [5.74, 6) is 0.725. The summed E-state index contributed by atoms with van der Waals surface area (Å²) in [6.45, 7) is 2.08. The minimum atomic E-state index is -0.471. The molecule has 0 radical (unpaired) electrons. The van der Waals surface area contributed by atoms with E-state index in [1.165, 1.54) is 4.90 Å². The number of carbonyl (C=O) groups excluding carboxylic acids is 2. The summed E-state index contributed by atoms with van der Waals surface area (Å²) in [6, 6.07) is 19.6. The molecule has 7 heteroatoms. The predicted molar refractivity (Wildman–Crippen MR) is 118 cm³/mol. The molecule has 1 aromatic heterocycles. The van der Waals surface area contributed by atoms with Gasteiger partial charge < -0.3 is 19.7 Å². The van der Waals surface area contributed by atoms with Crippen LogP contribution >= 0.6 is 0 Å². The van der Waals surface area contributed by atoms with Crippen LogP contribution in [0.3, 0.4) is 0 Å². The molecule has 0 aliphatic carbocycles. The molecule has 0 spiro atoms. The molecule has 0 aliphatic rings. The van der Waals surface area contributed by atoms with E-state index in [0.717, 1.165) is 11.1 Å². The third-order valence-electron chi connectivity index (χ3n) is 4.50. The number of nitrogens with zero attached hydrogens (tertiary/aromatic N) is 2. The Morgan fingerprint density at radius 2 is 1.71 bits per heavy atom. The minimum absolute atomic E-state index is 0.315. The van der Waals surface area contributed by atoms with Gasteiger partial charge in [0.15, 0.2) is 0 Å². The van der Waals surface area contributed by atoms with Crippen molar-refractivity contribution >= 4 is 17.9 Å². The van der Waals surface area contributed by atoms with Crippen LogP contribution in [0.4, 0.5) is 10.6 Å². The van der Waals surface area contributed by atoms with Gasteiger partial charge in [0.1, 0.15) is 11.6 Å². The van der Waals surface area contributed by atoms with Crippen LogP contribution in [-0.2, 0) is 4.74 Å². The topological polar surface area (TPSA) is 80.8 Å². The number of carbonyl (C=O) groups is 2. The lowest BCUT2D eigenvalue weighted by Crippen LogP contribution is -2.26. The lowest BCUT2D eigenvalue weighted by molar-refractivity contribution is 0.0526. The maximum absolute atomic E-state index is 12.2. The van der Waals surface area contributed by atoms with E-state index in [-0.39, 0.29) is 12.0 Å². The van der Waals surface area contributed by atoms with Crippen LogP contribution in [0, 0.1) is 0 Å². The number of pyridine rings is 1. The molecule has 0 fully saturated rings. The molecule has 0 saturated carbocycles. The zero-order valence-corrected chi connectivity index (χ0v) is 17.7. The highest BCUT2D eigenvalue weighted by Crippen LogP contribution is 2.33. The van der Waals surface area contributed by atoms with Crippen molar-refractivity contribution in [3.63, 3.8) is 0 Å². The average Bonchev–Trinajstić information content (AvgIpc) is 2.79. The summed E-state index contributed by atoms with van der Waals surface area (Å²) >= 11 is 0. The fourth-order valence-electron chi connectivity index (χ4n) is 2.96. The van der Waals surface area contributed by atoms with E-state index in [1.807, 2.05) is 48.5 Å². The van der Waals surface area contributed by atoms with Crippen LogP contribution < -0.4 is 10.1 Å². The molecule has 160 valence electrons. The molecule has 1 amide bonds. The lowest BCUT2D eigenvalue weighted by Gasteiger charge is -2.23. The van der Waals surface area contributed by atoms with Crippen LogP contribution in [0.1, 0.15) is 34.5 Å². The molecular weight excluding hydrogens is 394 g/mol. The first-order valence-electron chi connectivity index (χ1n) is 9.92. The number of esters is 1. The first-order chi connectivity index (χ1) is 15.0. The smallest absolute Gasteiger partial charge is 0.414 e. The third-order valence-corrected chi connectivity index (χ3v) is 4.50. The zero-order chi connectivity index (χ0) is 22.2. The molecular formula is C24H25N3O4. The molecule has 0 bridgehead atoms. The molecule has 3 rings (SSSR count). The predicted octanol–water partition coefficient (Wildman–Crippen LogP) is 4.52. The fraction of sp³-hybridized carbons (Fsp3) is 0.208. The maximum Gasteiger partial charge on any atom is 0.414 e. The van der Waals surface area contributed by atoms with E-state index in [0.29, 0.717) is 23.7 Å². The standard InChI is InChI=1S/C24H25N3O4/c1-4-30-23(28)18-14-12-17(13-15-18)22(26-21-11-7-8-16-25-21)19-9-5-6-10-20(19)31-24(29)27(2)3/h5-16,22H,4H2,1-3H3,(H,25,26). The summed E-state index contributed by atoms with van der Waals surface area (Å²) in [7, 11) is 3.26. The number of hydrogen-bond donors (Lipinski definition) is 1. The first kappa shape index (κ1) is 21.8. The van der Waals surface area contributed by atoms with Gasteiger partial charge in [-0.05, 0) is 42.8 Å². The molecule has 1 N–H and O–H groups in total. The van der Waals surface area contributed by atoms with Gasteiger partial charge in [0.25, 0.3) is 0 Å². The molecule has 0 saturated heterocycles. The van der Waals surface area contributed by atoms with Crippen molar-refractivity contribution < 1.29 is 19.1 Å². The number of nitrogens with one attached hydrogen (secondary N) is 1. The highest BCUT2D eigenvalue weighted by atomic mass is 16.6. The van der Waals surface area contributed by atoms with Crippen LogP contribution in [0.2, 0.25) is 0 Å². The SMILES string of the molecule is CCOC(=O)c1ccc(C(Nc2ccccn2)c2ccccc2OC(=O)N(C)C)cc1. The second kappa shape index (κ2) is 10.2. The van der Waals surface area contributed by atoms with Gasteiger partial charge in [-0.25, -0.2) is 14.6 Å². The number of aromatic nitrogens is 1. The van der Waals surface area contributed by atoms with Gasteiger partial charge in [-0.2, -0.15) is 0 Å². The van der Waals surface area contributed by atoms with Crippen molar-refractivity contribution in [2.24, 2.45) is 0 Å². The van der Waals surface area contributed by atoms with Crippen molar-refractivity contribution in [3.05, 3.63) is 89.6 Å². The third kappa shape index (κ3) is 5.60. The average molecular weight is 419 g/mol. The van der Waals surface area contributed by atoms with Gasteiger partial charge in [0.05, 0.1) is 18.2 Å². The zero-order valence-electron chi connectivity index (χ0n) is 17.7. The monoisotopic (exact) mass is 419 g/mol. The fourth-order valence-corrected chi connectivity index (χ4v) is 2.96. The Bertz CT molecular complexity index is 1020. The summed E-state index contributed by atoms with van der Waals surface area (Å²) in [6.07, 6.45) is 1.23. The summed E-state index contributed by atoms with van der Waals surface area (Å²) in [5.41, 5.74) is 2.09. The summed E-state index contributed by atoms with van der Waals surface area (Å²) in [5, 5.41) is 3.40. The van der Waals surface area contributed by atoms with Crippen molar-refractivity contribution in [2.45, 2.75) is 13.0 Å². The Labute approximate surface area is 181 Å². The molecule has 0 aliphatic heterocycles. The van der Waals surface area contributed by atoms with Crippen molar-refractivity contribution in [3.8, 4) is 5.75 Å².